The van der Waals surface area contributed by atoms with Crippen LogP contribution in [0.1, 0.15) is 0 Å². The van der Waals surface area contributed by atoms with Gasteiger partial charge in [-0.3, -0.25) is 0 Å². The van der Waals surface area contributed by atoms with Crippen LogP contribution in [-0.2, 0) is 0 Å². The van der Waals surface area contributed by atoms with Gasteiger partial charge in [-0.1, -0.05) is 0 Å². The van der Waals surface area contributed by atoms with Crippen LogP contribution in [0.25, 0.3) is 5.65 Å². The van der Waals surface area contributed by atoms with Crippen molar-refractivity contribution in [2.75, 3.05) is 5.73 Å². The third-order valence-electron chi connectivity index (χ3n) is 1.43. The summed E-state index contributed by atoms with van der Waals surface area (Å²) in [6, 6.07) is 1.42. The topological polar surface area (TPSA) is 56.2 Å². The minimum atomic E-state index is -0.500. The second kappa shape index (κ2) is 3.47. The Hall–Kier alpha value is -0.880. The molecule has 0 spiro atoms. The lowest BCUT2D eigenvalue weighted by molar-refractivity contribution is 0.619. The van der Waals surface area contributed by atoms with E-state index in [4.69, 9.17) is 5.73 Å². The highest BCUT2D eigenvalue weighted by molar-refractivity contribution is 9.10. The fourth-order valence-corrected chi connectivity index (χ4v) is 1.24. The highest BCUT2D eigenvalue weighted by Crippen LogP contribution is 2.13. The van der Waals surface area contributed by atoms with Crippen LogP contribution >= 0.6 is 28.3 Å². The summed E-state index contributed by atoms with van der Waals surface area (Å²) in [5, 5.41) is 3.84. The zero-order chi connectivity index (χ0) is 8.72. The predicted molar refractivity (Wildman–Crippen MR) is 52.3 cm³/mol. The Labute approximate surface area is 87.5 Å². The summed E-state index contributed by atoms with van der Waals surface area (Å²) in [4.78, 5) is 3.94. The molecule has 0 unspecified atom stereocenters. The number of anilines is 1. The quantitative estimate of drug-likeness (QED) is 0.789. The van der Waals surface area contributed by atoms with Crippen molar-refractivity contribution in [1.29, 1.82) is 0 Å². The first-order chi connectivity index (χ1) is 5.66. The Morgan fingerprint density at radius 3 is 2.92 bits per heavy atom. The van der Waals surface area contributed by atoms with Crippen LogP contribution in [0.4, 0.5) is 10.1 Å². The Kier molecular flexibility index (Phi) is 2.72. The Bertz CT molecular complexity index is 404. The third-order valence-corrected chi connectivity index (χ3v) is 1.76. The fourth-order valence-electron chi connectivity index (χ4n) is 0.892. The predicted octanol–water partition coefficient (Wildman–Crippen LogP) is 1.63. The van der Waals surface area contributed by atoms with Crippen molar-refractivity contribution >= 4 is 39.7 Å². The van der Waals surface area contributed by atoms with Gasteiger partial charge in [-0.2, -0.15) is 0 Å². The van der Waals surface area contributed by atoms with Crippen LogP contribution in [0, 0.1) is 5.82 Å². The van der Waals surface area contributed by atoms with Gasteiger partial charge < -0.3 is 5.73 Å². The molecular formula is C6H5BrClFN4. The van der Waals surface area contributed by atoms with Gasteiger partial charge in [-0.25, -0.2) is 13.9 Å². The van der Waals surface area contributed by atoms with E-state index in [-0.39, 0.29) is 18.1 Å². The normalized spacial score (nSPS) is 10.0. The summed E-state index contributed by atoms with van der Waals surface area (Å²) < 4.78 is 14.6. The maximum atomic E-state index is 12.8. The van der Waals surface area contributed by atoms with Gasteiger partial charge in [0.1, 0.15) is 0 Å². The molecule has 0 saturated heterocycles. The molecule has 0 aliphatic heterocycles. The minimum absolute atomic E-state index is 0. The number of aromatic nitrogens is 3. The molecule has 0 amide bonds. The second-order valence-corrected chi connectivity index (χ2v) is 2.97. The van der Waals surface area contributed by atoms with E-state index in [1.54, 1.807) is 0 Å². The molecule has 2 rings (SSSR count). The van der Waals surface area contributed by atoms with Crippen molar-refractivity contribution in [3.63, 3.8) is 0 Å². The summed E-state index contributed by atoms with van der Waals surface area (Å²) >= 11 is 3.07. The summed E-state index contributed by atoms with van der Waals surface area (Å²) in [7, 11) is 0. The Balaban J connectivity index is 0.000000845. The zero-order valence-corrected chi connectivity index (χ0v) is 8.64. The standard InChI is InChI=1S/C6H4BrFN4.ClH/c7-6-10-5-1-4(9)3(8)2-12(5)11-6;/h1-2H,9H2;1H. The molecule has 0 saturated carbocycles. The highest BCUT2D eigenvalue weighted by atomic mass is 79.9. The van der Waals surface area contributed by atoms with Crippen molar-refractivity contribution in [1.82, 2.24) is 14.6 Å². The lowest BCUT2D eigenvalue weighted by atomic mass is 10.4. The first-order valence-corrected chi connectivity index (χ1v) is 3.93. The van der Waals surface area contributed by atoms with Crippen LogP contribution in [0.2, 0.25) is 0 Å². The average molecular weight is 267 g/mol. The van der Waals surface area contributed by atoms with Crippen molar-refractivity contribution in [3.05, 3.63) is 22.8 Å². The van der Waals surface area contributed by atoms with E-state index in [0.29, 0.717) is 10.4 Å². The maximum Gasteiger partial charge on any atom is 0.218 e. The average Bonchev–Trinajstić information content (AvgIpc) is 2.30. The van der Waals surface area contributed by atoms with Gasteiger partial charge in [0.15, 0.2) is 11.5 Å². The van der Waals surface area contributed by atoms with Gasteiger partial charge >= 0.3 is 0 Å². The summed E-state index contributed by atoms with van der Waals surface area (Å²) in [5.74, 6) is -0.500. The largest absolute Gasteiger partial charge is 0.396 e. The lowest BCUT2D eigenvalue weighted by Crippen LogP contribution is -1.95. The molecule has 13 heavy (non-hydrogen) atoms. The molecule has 2 N–H and O–H groups in total. The molecule has 0 aliphatic carbocycles. The number of pyridine rings is 1. The maximum absolute atomic E-state index is 12.8. The van der Waals surface area contributed by atoms with E-state index >= 15 is 0 Å². The van der Waals surface area contributed by atoms with Crippen molar-refractivity contribution in [3.8, 4) is 0 Å². The molecular weight excluding hydrogens is 262 g/mol. The summed E-state index contributed by atoms with van der Waals surface area (Å²) in [5.41, 5.74) is 5.91. The van der Waals surface area contributed by atoms with Gasteiger partial charge in [0.05, 0.1) is 11.9 Å². The molecule has 0 aromatic carbocycles. The van der Waals surface area contributed by atoms with E-state index in [1.165, 1.54) is 16.8 Å². The molecule has 0 fully saturated rings. The third kappa shape index (κ3) is 1.73. The zero-order valence-electron chi connectivity index (χ0n) is 6.24. The highest BCUT2D eigenvalue weighted by Gasteiger charge is 2.04. The Morgan fingerprint density at radius 1 is 1.54 bits per heavy atom. The van der Waals surface area contributed by atoms with Crippen LogP contribution < -0.4 is 5.73 Å². The number of halogens is 3. The van der Waals surface area contributed by atoms with Gasteiger partial charge in [0, 0.05) is 6.07 Å². The molecule has 2 aromatic rings. The van der Waals surface area contributed by atoms with Crippen molar-refractivity contribution in [2.24, 2.45) is 0 Å². The molecule has 0 aliphatic rings. The second-order valence-electron chi connectivity index (χ2n) is 2.26. The van der Waals surface area contributed by atoms with Crippen LogP contribution in [0.15, 0.2) is 17.0 Å². The first-order valence-electron chi connectivity index (χ1n) is 3.14. The molecule has 7 heteroatoms. The molecule has 2 aromatic heterocycles. The van der Waals surface area contributed by atoms with E-state index in [0.717, 1.165) is 0 Å². The molecule has 2 heterocycles. The van der Waals surface area contributed by atoms with E-state index in [2.05, 4.69) is 26.0 Å². The minimum Gasteiger partial charge on any atom is -0.396 e. The van der Waals surface area contributed by atoms with Gasteiger partial charge in [0.25, 0.3) is 0 Å². The number of nitrogen functional groups attached to an aromatic ring is 1. The first kappa shape index (κ1) is 10.2. The van der Waals surface area contributed by atoms with Crippen molar-refractivity contribution < 1.29 is 4.39 Å². The molecule has 0 atom stereocenters. The molecule has 70 valence electrons. The Morgan fingerprint density at radius 2 is 2.23 bits per heavy atom. The number of hydrogen-bond donors (Lipinski definition) is 1. The molecule has 0 bridgehead atoms. The fraction of sp³-hybridized carbons (Fsp3) is 0. The number of hydrogen-bond acceptors (Lipinski definition) is 3. The smallest absolute Gasteiger partial charge is 0.218 e. The SMILES string of the molecule is Cl.Nc1cc2nc(Br)nn2cc1F. The monoisotopic (exact) mass is 266 g/mol. The van der Waals surface area contributed by atoms with Crippen LogP contribution in [0.5, 0.6) is 0 Å². The number of rotatable bonds is 0. The lowest BCUT2D eigenvalue weighted by Gasteiger charge is -1.95. The number of nitrogens with zero attached hydrogens (tertiary/aromatic N) is 3. The summed E-state index contributed by atoms with van der Waals surface area (Å²) in [6.45, 7) is 0. The van der Waals surface area contributed by atoms with E-state index < -0.39 is 5.82 Å². The van der Waals surface area contributed by atoms with Crippen LogP contribution in [-0.4, -0.2) is 14.6 Å². The van der Waals surface area contributed by atoms with Crippen molar-refractivity contribution in [2.45, 2.75) is 0 Å². The molecule has 4 nitrogen and oxygen atoms in total. The van der Waals surface area contributed by atoms with Gasteiger partial charge in [0.2, 0.25) is 4.73 Å². The number of fused-ring (bicyclic) bond motifs is 1. The van der Waals surface area contributed by atoms with Gasteiger partial charge in [-0.15, -0.1) is 17.5 Å². The van der Waals surface area contributed by atoms with Gasteiger partial charge in [-0.05, 0) is 15.9 Å². The summed E-state index contributed by atoms with van der Waals surface area (Å²) in [6.07, 6.45) is 1.18. The molecule has 0 radical (unpaired) electrons. The van der Waals surface area contributed by atoms with E-state index in [1.807, 2.05) is 0 Å². The number of nitrogens with two attached hydrogens (primary N) is 1. The van der Waals surface area contributed by atoms with E-state index in [9.17, 15) is 4.39 Å². The van der Waals surface area contributed by atoms with Crippen LogP contribution in [0.3, 0.4) is 0 Å².